The minimum atomic E-state index is -0.253. The lowest BCUT2D eigenvalue weighted by Gasteiger charge is -2.44. The zero-order chi connectivity index (χ0) is 17.7. The van der Waals surface area contributed by atoms with Gasteiger partial charge in [0.2, 0.25) is 0 Å². The Morgan fingerprint density at radius 1 is 0.731 bits per heavy atom. The zero-order valence-corrected chi connectivity index (χ0v) is 14.5. The van der Waals surface area contributed by atoms with Crippen LogP contribution in [-0.4, -0.2) is 9.13 Å². The molecule has 4 aromatic rings. The van der Waals surface area contributed by atoms with E-state index in [1.54, 1.807) is 18.7 Å². The Balaban J connectivity index is 1.86. The van der Waals surface area contributed by atoms with Crippen molar-refractivity contribution in [2.75, 3.05) is 0 Å². The van der Waals surface area contributed by atoms with Gasteiger partial charge < -0.3 is 0 Å². The largest absolute Gasteiger partial charge is 0.330 e. The maximum absolute atomic E-state index is 12.9. The highest BCUT2D eigenvalue weighted by Crippen LogP contribution is 2.58. The highest BCUT2D eigenvalue weighted by atomic mass is 16.2. The summed E-state index contributed by atoms with van der Waals surface area (Å²) in [5.74, 6) is 0.0977. The summed E-state index contributed by atoms with van der Waals surface area (Å²) in [7, 11) is 3.34. The molecule has 4 nitrogen and oxygen atoms in total. The highest BCUT2D eigenvalue weighted by Gasteiger charge is 2.48. The van der Waals surface area contributed by atoms with E-state index >= 15 is 0 Å². The summed E-state index contributed by atoms with van der Waals surface area (Å²) in [5.41, 5.74) is 3.68. The molecule has 0 aliphatic heterocycles. The number of rotatable bonds is 0. The van der Waals surface area contributed by atoms with E-state index in [-0.39, 0.29) is 23.1 Å². The predicted octanol–water partition coefficient (Wildman–Crippen LogP) is 2.98. The molecule has 3 aromatic carbocycles. The fraction of sp³-hybridized carbons (Fsp3) is 0.182. The highest BCUT2D eigenvalue weighted by molar-refractivity contribution is 6.13. The Labute approximate surface area is 148 Å². The SMILES string of the molecule is Cn1c2c(c(=O)n(C)c1=O)[C@H]1c3cccc4ccc5cccc(c5c34)[C@@H]21. The molecule has 0 N–H and O–H groups in total. The van der Waals surface area contributed by atoms with Crippen molar-refractivity contribution in [2.45, 2.75) is 11.8 Å². The third-order valence-corrected chi connectivity index (χ3v) is 6.31. The molecule has 2 aliphatic rings. The molecule has 2 aliphatic carbocycles. The molecular formula is C22H16N2O2. The third-order valence-electron chi connectivity index (χ3n) is 6.31. The van der Waals surface area contributed by atoms with E-state index in [4.69, 9.17) is 0 Å². The van der Waals surface area contributed by atoms with Crippen molar-refractivity contribution in [3.63, 3.8) is 0 Å². The Morgan fingerprint density at radius 2 is 1.31 bits per heavy atom. The maximum Gasteiger partial charge on any atom is 0.330 e. The molecule has 0 bridgehead atoms. The number of hydrogen-bond donors (Lipinski definition) is 0. The number of fused-ring (bicyclic) bond motifs is 6. The van der Waals surface area contributed by atoms with Crippen molar-refractivity contribution in [2.24, 2.45) is 14.1 Å². The first-order chi connectivity index (χ1) is 12.6. The average Bonchev–Trinajstić information content (AvgIpc) is 2.64. The molecule has 0 saturated heterocycles. The van der Waals surface area contributed by atoms with Crippen LogP contribution in [0, 0.1) is 0 Å². The average molecular weight is 340 g/mol. The van der Waals surface area contributed by atoms with Crippen LogP contribution in [0.15, 0.2) is 58.1 Å². The second-order valence-corrected chi connectivity index (χ2v) is 7.42. The number of nitrogens with zero attached hydrogens (tertiary/aromatic N) is 2. The van der Waals surface area contributed by atoms with Crippen LogP contribution in [-0.2, 0) is 14.1 Å². The van der Waals surface area contributed by atoms with E-state index in [2.05, 4.69) is 48.5 Å². The van der Waals surface area contributed by atoms with Crippen LogP contribution >= 0.6 is 0 Å². The molecule has 6 rings (SSSR count). The summed E-state index contributed by atoms with van der Waals surface area (Å²) in [6.07, 6.45) is 0. The van der Waals surface area contributed by atoms with Gasteiger partial charge in [0.05, 0.1) is 0 Å². The van der Waals surface area contributed by atoms with E-state index < -0.39 is 0 Å². The Bertz CT molecular complexity index is 1410. The summed E-state index contributed by atoms with van der Waals surface area (Å²) < 4.78 is 2.89. The normalized spacial score (nSPS) is 19.5. The lowest BCUT2D eigenvalue weighted by Crippen LogP contribution is -2.49. The third kappa shape index (κ3) is 1.36. The zero-order valence-electron chi connectivity index (χ0n) is 14.5. The van der Waals surface area contributed by atoms with Crippen molar-refractivity contribution in [3.05, 3.63) is 91.8 Å². The molecule has 2 atom stereocenters. The fourth-order valence-corrected chi connectivity index (χ4v) is 5.18. The molecule has 0 saturated carbocycles. The first-order valence-electron chi connectivity index (χ1n) is 8.83. The van der Waals surface area contributed by atoms with Gasteiger partial charge in [-0.25, -0.2) is 4.79 Å². The van der Waals surface area contributed by atoms with Gasteiger partial charge in [0.15, 0.2) is 0 Å². The van der Waals surface area contributed by atoms with E-state index in [0.29, 0.717) is 0 Å². The number of aromatic nitrogens is 2. The quantitative estimate of drug-likeness (QED) is 0.462. The first kappa shape index (κ1) is 14.1. The van der Waals surface area contributed by atoms with Gasteiger partial charge in [-0.05, 0) is 32.7 Å². The van der Waals surface area contributed by atoms with Gasteiger partial charge in [-0.15, -0.1) is 0 Å². The van der Waals surface area contributed by atoms with Crippen LogP contribution in [0.5, 0.6) is 0 Å². The second kappa shape index (κ2) is 4.33. The molecule has 126 valence electrons. The summed E-state index contributed by atoms with van der Waals surface area (Å²) in [5, 5.41) is 4.93. The number of benzene rings is 3. The fourth-order valence-electron chi connectivity index (χ4n) is 5.18. The Kier molecular flexibility index (Phi) is 2.34. The van der Waals surface area contributed by atoms with E-state index in [0.717, 1.165) is 11.3 Å². The van der Waals surface area contributed by atoms with Crippen LogP contribution in [0.2, 0.25) is 0 Å². The van der Waals surface area contributed by atoms with Gasteiger partial charge in [-0.2, -0.15) is 0 Å². The van der Waals surface area contributed by atoms with Crippen LogP contribution in [0.25, 0.3) is 21.5 Å². The van der Waals surface area contributed by atoms with Gasteiger partial charge in [-0.1, -0.05) is 48.5 Å². The summed E-state index contributed by atoms with van der Waals surface area (Å²) in [4.78, 5) is 25.4. The van der Waals surface area contributed by atoms with Gasteiger partial charge in [0.1, 0.15) is 0 Å². The van der Waals surface area contributed by atoms with Crippen LogP contribution < -0.4 is 11.2 Å². The van der Waals surface area contributed by atoms with Crippen molar-refractivity contribution in [1.29, 1.82) is 0 Å². The standard InChI is InChI=1S/C22H16N2O2/c1-23-20-18-14-8-4-6-12-10-9-11-5-3-7-13(15(11)16(12)14)17(18)19(20)21(25)24(2)22(23)26/h3-10,17-18H,1-2H3/t17-,18+/m0/s1. The molecule has 0 spiro atoms. The Morgan fingerprint density at radius 3 is 1.92 bits per heavy atom. The molecule has 26 heavy (non-hydrogen) atoms. The van der Waals surface area contributed by atoms with E-state index in [9.17, 15) is 9.59 Å². The van der Waals surface area contributed by atoms with Crippen molar-refractivity contribution in [1.82, 2.24) is 9.13 Å². The molecular weight excluding hydrogens is 324 g/mol. The van der Waals surface area contributed by atoms with Crippen LogP contribution in [0.1, 0.15) is 34.2 Å². The minimum Gasteiger partial charge on any atom is -0.300 e. The van der Waals surface area contributed by atoms with Gasteiger partial charge in [0.25, 0.3) is 5.56 Å². The lowest BCUT2D eigenvalue weighted by atomic mass is 9.60. The van der Waals surface area contributed by atoms with Gasteiger partial charge in [-0.3, -0.25) is 13.9 Å². The van der Waals surface area contributed by atoms with Crippen molar-refractivity contribution in [3.8, 4) is 0 Å². The molecule has 4 heteroatoms. The summed E-state index contributed by atoms with van der Waals surface area (Å²) >= 11 is 0. The van der Waals surface area contributed by atoms with Crippen molar-refractivity contribution < 1.29 is 0 Å². The van der Waals surface area contributed by atoms with Crippen LogP contribution in [0.3, 0.4) is 0 Å². The second-order valence-electron chi connectivity index (χ2n) is 7.42. The van der Waals surface area contributed by atoms with Gasteiger partial charge >= 0.3 is 5.69 Å². The summed E-state index contributed by atoms with van der Waals surface area (Å²) in [6.45, 7) is 0. The minimum absolute atomic E-state index is 0.0275. The smallest absolute Gasteiger partial charge is 0.300 e. The topological polar surface area (TPSA) is 44.0 Å². The predicted molar refractivity (Wildman–Crippen MR) is 102 cm³/mol. The Hall–Kier alpha value is -3.14. The molecule has 0 amide bonds. The van der Waals surface area contributed by atoms with Crippen molar-refractivity contribution >= 4 is 21.5 Å². The molecule has 0 radical (unpaired) electrons. The van der Waals surface area contributed by atoms with E-state index in [1.165, 1.54) is 37.2 Å². The maximum atomic E-state index is 12.9. The lowest BCUT2D eigenvalue weighted by molar-refractivity contribution is 0.495. The molecule has 1 heterocycles. The molecule has 1 aromatic heterocycles. The van der Waals surface area contributed by atoms with Gasteiger partial charge in [0, 0.05) is 37.2 Å². The monoisotopic (exact) mass is 340 g/mol. The molecule has 0 unspecified atom stereocenters. The number of hydrogen-bond acceptors (Lipinski definition) is 2. The van der Waals surface area contributed by atoms with Crippen LogP contribution in [0.4, 0.5) is 0 Å². The molecule has 0 fully saturated rings. The first-order valence-corrected chi connectivity index (χ1v) is 8.83. The summed E-state index contributed by atoms with van der Waals surface area (Å²) in [6, 6.07) is 17.0. The van der Waals surface area contributed by atoms with E-state index in [1.807, 2.05) is 0 Å².